The molecule has 9 rings (SSSR count). The Balaban J connectivity index is 0.000000232. The summed E-state index contributed by atoms with van der Waals surface area (Å²) in [5.74, 6) is -0.652. The number of nitrogens with one attached hydrogen (secondary N) is 2. The maximum atomic E-state index is 14.2. The van der Waals surface area contributed by atoms with Gasteiger partial charge in [0.15, 0.2) is 5.82 Å². The number of hydrogen-bond donors (Lipinski definition) is 2. The first-order chi connectivity index (χ1) is 41.6. The van der Waals surface area contributed by atoms with Crippen molar-refractivity contribution in [2.24, 2.45) is 0 Å². The summed E-state index contributed by atoms with van der Waals surface area (Å²) in [6.07, 6.45) is -7.04. The van der Waals surface area contributed by atoms with Gasteiger partial charge in [-0.25, -0.2) is 9.59 Å². The molecule has 4 aromatic heterocycles. The predicted molar refractivity (Wildman–Crippen MR) is 324 cm³/mol. The number of benzene rings is 2. The van der Waals surface area contributed by atoms with Gasteiger partial charge in [-0.05, 0) is 133 Å². The molecule has 0 unspecified atom stereocenters. The Morgan fingerprint density at radius 3 is 1.46 bits per heavy atom. The summed E-state index contributed by atoms with van der Waals surface area (Å²) in [5.41, 5.74) is -1.66. The fraction of sp³-hybridized carbons (Fsp3) is 0.509. The average molecular weight is 1360 g/mol. The van der Waals surface area contributed by atoms with Crippen molar-refractivity contribution in [3.8, 4) is 0 Å². The Morgan fingerprint density at radius 1 is 0.663 bits per heavy atom. The number of carbonyl (C=O) groups is 4. The van der Waals surface area contributed by atoms with Crippen molar-refractivity contribution in [1.82, 2.24) is 48.1 Å². The second kappa shape index (κ2) is 26.6. The summed E-state index contributed by atoms with van der Waals surface area (Å²) in [6.45, 7) is 20.1. The Hall–Kier alpha value is -7.44. The van der Waals surface area contributed by atoms with E-state index in [4.69, 9.17) is 37.4 Å². The molecule has 23 nitrogen and oxygen atoms in total. The van der Waals surface area contributed by atoms with Crippen LogP contribution in [0.25, 0.3) is 17.1 Å². The highest BCUT2D eigenvalue weighted by atomic mass is 79.9. The van der Waals surface area contributed by atoms with Crippen LogP contribution in [0.4, 0.5) is 58.7 Å². The molecule has 2 saturated heterocycles. The molecule has 0 radical (unpaired) electrons. The highest BCUT2D eigenvalue weighted by Gasteiger charge is 2.38. The van der Waals surface area contributed by atoms with Gasteiger partial charge in [0.1, 0.15) is 35.7 Å². The van der Waals surface area contributed by atoms with E-state index in [2.05, 4.69) is 46.7 Å². The van der Waals surface area contributed by atoms with Crippen LogP contribution in [0.5, 0.6) is 0 Å². The molecule has 4 amide bonds. The third-order valence-corrected chi connectivity index (χ3v) is 15.4. The molecule has 3 aliphatic rings. The van der Waals surface area contributed by atoms with Crippen LogP contribution in [-0.2, 0) is 62.1 Å². The van der Waals surface area contributed by atoms with E-state index >= 15 is 0 Å². The second-order valence-electron chi connectivity index (χ2n) is 23.3. The molecule has 2 atom stereocenters. The molecule has 7 heterocycles. The van der Waals surface area contributed by atoms with Crippen LogP contribution in [0.3, 0.4) is 0 Å². The number of nitrogens with zero attached hydrogens (tertiary/aromatic N) is 12. The number of ether oxygens (including phenoxy) is 3. The van der Waals surface area contributed by atoms with Crippen LogP contribution in [0.1, 0.15) is 104 Å². The van der Waals surface area contributed by atoms with E-state index in [1.165, 1.54) is 9.08 Å². The van der Waals surface area contributed by atoms with E-state index in [9.17, 15) is 55.1 Å². The lowest BCUT2D eigenvalue weighted by Crippen LogP contribution is -2.56. The molecule has 2 aromatic carbocycles. The predicted octanol–water partition coefficient (Wildman–Crippen LogP) is 9.99. The third kappa shape index (κ3) is 15.6. The Kier molecular flexibility index (Phi) is 20.1. The van der Waals surface area contributed by atoms with Crippen molar-refractivity contribution in [3.63, 3.8) is 0 Å². The first kappa shape index (κ1) is 67.5. The number of aromatic nitrogens is 8. The number of amides is 4. The Morgan fingerprint density at radius 2 is 1.09 bits per heavy atom. The molecule has 0 spiro atoms. The molecular weight excluding hydrogens is 1290 g/mol. The minimum Gasteiger partial charge on any atom is -0.444 e. The van der Waals surface area contributed by atoms with Gasteiger partial charge in [0.25, 0.3) is 11.1 Å². The number of alkyl halides is 6. The number of hydrogen-bond acceptors (Lipinski definition) is 15. The van der Waals surface area contributed by atoms with E-state index < -0.39 is 69.8 Å². The van der Waals surface area contributed by atoms with Crippen LogP contribution < -0.4 is 31.6 Å². The quantitative estimate of drug-likeness (QED) is 0.115. The number of fused-ring (bicyclic) bond motifs is 2. The standard InChI is InChI=1S/C31H37ClF3N7O5.C26H30BrClF3N7O4/c1-6-23-25(40-12-11-39(16-18(40)2)29(45)47-30(3,4)5)27(44)42-28(37-26(38-42)19-9-13-46-14-10-19)41(23)17-24(43)36-22-8-7-20(15-21(22)32)31(33,34)35;1-6-18-20(36-10-9-35(12-14(36)2)24(41)42-25(3,4)5)21(40)38-23(33-22(27)34-38)37(18)13-19(39)32-17-8-7-15(11-16(17)28)26(29,30)31/h7-9,15,18H,6,10-14,16-17H2,1-5H3,(H,36,43);7-8,11,14H,6,9-10,12-13H2,1-5H3,(H,32,39)/t18-;14-/m00/s1. The molecule has 6 aromatic rings. The zero-order valence-corrected chi connectivity index (χ0v) is 53.4. The minimum atomic E-state index is -4.60. The summed E-state index contributed by atoms with van der Waals surface area (Å²) in [5, 5.41) is 13.3. The maximum Gasteiger partial charge on any atom is 0.416 e. The summed E-state index contributed by atoms with van der Waals surface area (Å²) in [4.78, 5) is 95.9. The monoisotopic (exact) mass is 1350 g/mol. The molecule has 2 N–H and O–H groups in total. The van der Waals surface area contributed by atoms with E-state index in [1.54, 1.807) is 55.9 Å². The minimum absolute atomic E-state index is 0.000427. The molecule has 482 valence electrons. The smallest absolute Gasteiger partial charge is 0.416 e. The fourth-order valence-corrected chi connectivity index (χ4v) is 11.2. The van der Waals surface area contributed by atoms with Gasteiger partial charge >= 0.3 is 24.5 Å². The highest BCUT2D eigenvalue weighted by Crippen LogP contribution is 2.36. The SMILES string of the molecule is CCc1c(N2CCN(C(=O)OC(C)(C)C)C[C@@H]2C)c(=O)n2nc(Br)nc2n1CC(=O)Nc1ccc(C(F)(F)F)cc1Cl.CCc1c(N2CCN(C(=O)OC(C)(C)C)C[C@@H]2C)c(=O)n2nc(C3=CCOCC3)nc2n1CC(=O)Nc1ccc(C(F)(F)F)cc1Cl. The number of carbonyl (C=O) groups excluding carboxylic acids is 4. The average Bonchev–Trinajstić information content (AvgIpc) is 2.13. The Labute approximate surface area is 525 Å². The van der Waals surface area contributed by atoms with Gasteiger partial charge in [-0.2, -0.15) is 45.3 Å². The lowest BCUT2D eigenvalue weighted by Gasteiger charge is -2.41. The van der Waals surface area contributed by atoms with Crippen molar-refractivity contribution in [3.05, 3.63) is 106 Å². The van der Waals surface area contributed by atoms with Crippen LogP contribution in [0.15, 0.2) is 56.8 Å². The normalized spacial score (nSPS) is 16.9. The molecule has 0 bridgehead atoms. The fourth-order valence-electron chi connectivity index (χ4n) is 10.5. The topological polar surface area (TPSA) is 237 Å². The van der Waals surface area contributed by atoms with Gasteiger partial charge in [-0.3, -0.25) is 19.2 Å². The lowest BCUT2D eigenvalue weighted by molar-refractivity contribution is -0.138. The third-order valence-electron chi connectivity index (χ3n) is 14.4. The van der Waals surface area contributed by atoms with Gasteiger partial charge < -0.3 is 53.6 Å². The number of anilines is 4. The van der Waals surface area contributed by atoms with Crippen LogP contribution in [0, 0.1) is 0 Å². The van der Waals surface area contributed by atoms with Crippen molar-refractivity contribution >= 4 is 103 Å². The molecule has 2 fully saturated rings. The van der Waals surface area contributed by atoms with Crippen molar-refractivity contribution < 1.29 is 59.7 Å². The van der Waals surface area contributed by atoms with E-state index in [0.717, 1.165) is 46.5 Å². The van der Waals surface area contributed by atoms with Gasteiger partial charge in [-0.1, -0.05) is 43.1 Å². The lowest BCUT2D eigenvalue weighted by atomic mass is 10.1. The molecule has 3 aliphatic heterocycles. The van der Waals surface area contributed by atoms with Crippen molar-refractivity contribution in [2.45, 2.75) is 137 Å². The highest BCUT2D eigenvalue weighted by molar-refractivity contribution is 9.10. The van der Waals surface area contributed by atoms with Gasteiger partial charge in [0.05, 0.1) is 57.1 Å². The molecular formula is C57H67BrCl2F6N14O9. The summed E-state index contributed by atoms with van der Waals surface area (Å²) in [7, 11) is 0. The van der Waals surface area contributed by atoms with Crippen LogP contribution in [0.2, 0.25) is 10.0 Å². The van der Waals surface area contributed by atoms with Crippen LogP contribution >= 0.6 is 39.1 Å². The van der Waals surface area contributed by atoms with Gasteiger partial charge in [-0.15, -0.1) is 10.2 Å². The number of halogens is 9. The molecule has 0 aliphatic carbocycles. The summed E-state index contributed by atoms with van der Waals surface area (Å²) < 4.78 is 101. The van der Waals surface area contributed by atoms with Crippen molar-refractivity contribution in [2.75, 3.05) is 72.9 Å². The van der Waals surface area contributed by atoms with Crippen molar-refractivity contribution in [1.29, 1.82) is 0 Å². The largest absolute Gasteiger partial charge is 0.444 e. The zero-order chi connectivity index (χ0) is 65.4. The first-order valence-electron chi connectivity index (χ1n) is 28.4. The number of rotatable bonds is 11. The summed E-state index contributed by atoms with van der Waals surface area (Å²) in [6, 6.07) is 4.71. The second-order valence-corrected chi connectivity index (χ2v) is 24.8. The van der Waals surface area contributed by atoms with E-state index in [1.807, 2.05) is 43.6 Å². The van der Waals surface area contributed by atoms with Crippen LogP contribution in [-0.4, -0.2) is 148 Å². The van der Waals surface area contributed by atoms with E-state index in [0.29, 0.717) is 93.8 Å². The zero-order valence-electron chi connectivity index (χ0n) is 50.3. The maximum absolute atomic E-state index is 14.2. The van der Waals surface area contributed by atoms with E-state index in [-0.39, 0.29) is 69.4 Å². The molecule has 32 heteroatoms. The Bertz CT molecular complexity index is 3860. The summed E-state index contributed by atoms with van der Waals surface area (Å²) >= 11 is 15.3. The molecule has 0 saturated carbocycles. The van der Waals surface area contributed by atoms with Gasteiger partial charge in [0.2, 0.25) is 28.1 Å². The first-order valence-corrected chi connectivity index (χ1v) is 29.9. The van der Waals surface area contributed by atoms with Gasteiger partial charge in [0, 0.05) is 51.4 Å². The number of piperazine rings is 2. The molecule has 89 heavy (non-hydrogen) atoms.